The third-order valence-electron chi connectivity index (χ3n) is 5.96. The third kappa shape index (κ3) is 2.23. The lowest BCUT2D eigenvalue weighted by Gasteiger charge is -2.34. The molecule has 2 fully saturated rings. The van der Waals surface area contributed by atoms with Gasteiger partial charge in [0.05, 0.1) is 29.6 Å². The Labute approximate surface area is 167 Å². The molecule has 0 unspecified atom stereocenters. The average Bonchev–Trinajstić information content (AvgIpc) is 3.16. The van der Waals surface area contributed by atoms with Gasteiger partial charge in [0.2, 0.25) is 11.8 Å². The van der Waals surface area contributed by atoms with Crippen molar-refractivity contribution in [3.8, 4) is 0 Å². The van der Waals surface area contributed by atoms with Crippen LogP contribution in [0.25, 0.3) is 6.08 Å². The summed E-state index contributed by atoms with van der Waals surface area (Å²) in [6.45, 7) is 1.49. The molecule has 0 spiro atoms. The van der Waals surface area contributed by atoms with Gasteiger partial charge in [-0.05, 0) is 48.4 Å². The highest BCUT2D eigenvalue weighted by molar-refractivity contribution is 6.31. The van der Waals surface area contributed by atoms with Crippen LogP contribution in [0.4, 0.5) is 5.69 Å². The van der Waals surface area contributed by atoms with Gasteiger partial charge in [-0.3, -0.25) is 14.4 Å². The number of hydrogen-bond donors (Lipinski definition) is 0. The van der Waals surface area contributed by atoms with Gasteiger partial charge >= 0.3 is 0 Å². The lowest BCUT2D eigenvalue weighted by molar-refractivity contribution is -0.129. The number of amides is 2. The van der Waals surface area contributed by atoms with Crippen LogP contribution in [0.1, 0.15) is 24.1 Å². The number of hydrogen-bond acceptors (Lipinski definition) is 4. The molecule has 3 aliphatic rings. The number of anilines is 1. The SMILES string of the molecule is CC(=O)[C@@H]1[C@H]2C(=O)N(c3ccc(Cl)cc3)C(=O)[C@@H]2[C@H]2c3ccccc3C=CN12. The Balaban J connectivity index is 1.65. The Bertz CT molecular complexity index is 1050. The first kappa shape index (κ1) is 17.2. The van der Waals surface area contributed by atoms with E-state index in [1.807, 2.05) is 41.4 Å². The summed E-state index contributed by atoms with van der Waals surface area (Å²) in [6, 6.07) is 13.5. The number of rotatable bonds is 2. The molecular formula is C22H17ClN2O3. The molecule has 0 radical (unpaired) electrons. The fourth-order valence-electron chi connectivity index (χ4n) is 4.87. The van der Waals surface area contributed by atoms with E-state index in [9.17, 15) is 14.4 Å². The maximum atomic E-state index is 13.4. The van der Waals surface area contributed by atoms with E-state index in [1.54, 1.807) is 24.3 Å². The van der Waals surface area contributed by atoms with Crippen LogP contribution in [0.2, 0.25) is 5.02 Å². The Morgan fingerprint density at radius 2 is 1.64 bits per heavy atom. The molecule has 0 bridgehead atoms. The summed E-state index contributed by atoms with van der Waals surface area (Å²) in [5.41, 5.74) is 2.47. The van der Waals surface area contributed by atoms with E-state index in [2.05, 4.69) is 0 Å². The van der Waals surface area contributed by atoms with Crippen molar-refractivity contribution in [2.24, 2.45) is 11.8 Å². The van der Waals surface area contributed by atoms with Gasteiger partial charge in [-0.25, -0.2) is 4.90 Å². The summed E-state index contributed by atoms with van der Waals surface area (Å²) in [6.07, 6.45) is 3.79. The summed E-state index contributed by atoms with van der Waals surface area (Å²) in [5.74, 6) is -1.98. The van der Waals surface area contributed by atoms with Gasteiger partial charge in [0, 0.05) is 11.2 Å². The summed E-state index contributed by atoms with van der Waals surface area (Å²) in [5, 5.41) is 0.530. The van der Waals surface area contributed by atoms with E-state index in [1.165, 1.54) is 11.8 Å². The van der Waals surface area contributed by atoms with Gasteiger partial charge in [0.25, 0.3) is 0 Å². The van der Waals surface area contributed by atoms with Crippen LogP contribution in [-0.4, -0.2) is 28.5 Å². The molecule has 28 heavy (non-hydrogen) atoms. The Morgan fingerprint density at radius 1 is 0.964 bits per heavy atom. The number of halogens is 1. The van der Waals surface area contributed by atoms with Crippen LogP contribution in [0.15, 0.2) is 54.7 Å². The Hall–Kier alpha value is -2.92. The van der Waals surface area contributed by atoms with Crippen molar-refractivity contribution in [2.45, 2.75) is 19.0 Å². The maximum Gasteiger partial charge on any atom is 0.240 e. The molecule has 6 heteroatoms. The summed E-state index contributed by atoms with van der Waals surface area (Å²) < 4.78 is 0. The van der Waals surface area contributed by atoms with E-state index in [0.29, 0.717) is 10.7 Å². The van der Waals surface area contributed by atoms with Gasteiger partial charge < -0.3 is 4.90 Å². The van der Waals surface area contributed by atoms with Crippen LogP contribution in [0.3, 0.4) is 0 Å². The van der Waals surface area contributed by atoms with Gasteiger partial charge in [-0.1, -0.05) is 35.9 Å². The first-order valence-corrected chi connectivity index (χ1v) is 9.55. The van der Waals surface area contributed by atoms with E-state index >= 15 is 0 Å². The molecule has 2 amide bonds. The monoisotopic (exact) mass is 392 g/mol. The second kappa shape index (κ2) is 6.04. The number of imide groups is 1. The molecule has 140 valence electrons. The quantitative estimate of drug-likeness (QED) is 0.734. The lowest BCUT2D eigenvalue weighted by Crippen LogP contribution is -2.43. The Kier molecular flexibility index (Phi) is 3.71. The third-order valence-corrected chi connectivity index (χ3v) is 6.21. The highest BCUT2D eigenvalue weighted by Gasteiger charge is 2.63. The molecule has 2 aromatic rings. The second-order valence-corrected chi connectivity index (χ2v) is 7.87. The zero-order valence-electron chi connectivity index (χ0n) is 15.1. The molecule has 3 heterocycles. The molecule has 2 aromatic carbocycles. The maximum absolute atomic E-state index is 13.4. The number of fused-ring (bicyclic) bond motifs is 5. The molecule has 0 N–H and O–H groups in total. The van der Waals surface area contributed by atoms with Gasteiger partial charge in [-0.2, -0.15) is 0 Å². The number of carbonyl (C=O) groups is 3. The largest absolute Gasteiger partial charge is 0.359 e. The van der Waals surface area contributed by atoms with E-state index in [4.69, 9.17) is 11.6 Å². The molecule has 5 rings (SSSR count). The first-order chi connectivity index (χ1) is 13.5. The van der Waals surface area contributed by atoms with Crippen LogP contribution in [0.5, 0.6) is 0 Å². The van der Waals surface area contributed by atoms with Crippen LogP contribution < -0.4 is 4.90 Å². The van der Waals surface area contributed by atoms with Gasteiger partial charge in [-0.15, -0.1) is 0 Å². The van der Waals surface area contributed by atoms with Crippen molar-refractivity contribution in [2.75, 3.05) is 4.90 Å². The van der Waals surface area contributed by atoms with Gasteiger partial charge in [0.1, 0.15) is 0 Å². The first-order valence-electron chi connectivity index (χ1n) is 9.17. The van der Waals surface area contributed by atoms with Gasteiger partial charge in [0.15, 0.2) is 5.78 Å². The number of carbonyl (C=O) groups excluding carboxylic acids is 3. The fourth-order valence-corrected chi connectivity index (χ4v) is 4.99. The highest BCUT2D eigenvalue weighted by atomic mass is 35.5. The summed E-state index contributed by atoms with van der Waals surface area (Å²) in [4.78, 5) is 42.4. The molecule has 3 aliphatic heterocycles. The van der Waals surface area contributed by atoms with E-state index in [-0.39, 0.29) is 23.6 Å². The van der Waals surface area contributed by atoms with Crippen molar-refractivity contribution >= 4 is 41.0 Å². The van der Waals surface area contributed by atoms with E-state index < -0.39 is 17.9 Å². The Morgan fingerprint density at radius 3 is 2.36 bits per heavy atom. The minimum absolute atomic E-state index is 0.111. The molecule has 5 nitrogen and oxygen atoms in total. The zero-order chi connectivity index (χ0) is 19.6. The summed E-state index contributed by atoms with van der Waals surface area (Å²) >= 11 is 5.95. The molecule has 0 aliphatic carbocycles. The standard InChI is InChI=1S/C22H17ClN2O3/c1-12(26)19-17-18(20-16-5-3-2-4-13(16)10-11-24(19)20)22(28)25(21(17)27)15-8-6-14(23)7-9-15/h2-11,17-20H,1H3/t17-,18-,19+,20+/m0/s1. The fraction of sp³-hybridized carbons (Fsp3) is 0.227. The van der Waals surface area contributed by atoms with Crippen LogP contribution >= 0.6 is 11.6 Å². The zero-order valence-corrected chi connectivity index (χ0v) is 15.8. The molecule has 0 aromatic heterocycles. The predicted octanol–water partition coefficient (Wildman–Crippen LogP) is 3.44. The van der Waals surface area contributed by atoms with Crippen molar-refractivity contribution in [3.63, 3.8) is 0 Å². The van der Waals surface area contributed by atoms with E-state index in [0.717, 1.165) is 11.1 Å². The summed E-state index contributed by atoms with van der Waals surface area (Å²) in [7, 11) is 0. The minimum Gasteiger partial charge on any atom is -0.359 e. The molecule has 0 saturated carbocycles. The lowest BCUT2D eigenvalue weighted by atomic mass is 9.84. The molecule has 4 atom stereocenters. The molecule has 2 saturated heterocycles. The predicted molar refractivity (Wildman–Crippen MR) is 105 cm³/mol. The van der Waals surface area contributed by atoms with Crippen molar-refractivity contribution in [1.82, 2.24) is 4.90 Å². The average molecular weight is 393 g/mol. The number of ketones is 1. The number of benzene rings is 2. The topological polar surface area (TPSA) is 57.7 Å². The number of Topliss-reactive ketones (excluding diaryl/α,β-unsaturated/α-hetero) is 1. The van der Waals surface area contributed by atoms with Crippen molar-refractivity contribution < 1.29 is 14.4 Å². The van der Waals surface area contributed by atoms with Crippen LogP contribution in [0, 0.1) is 11.8 Å². The number of nitrogens with zero attached hydrogens (tertiary/aromatic N) is 2. The van der Waals surface area contributed by atoms with Crippen molar-refractivity contribution in [3.05, 3.63) is 70.9 Å². The molecular weight excluding hydrogens is 376 g/mol. The van der Waals surface area contributed by atoms with Crippen molar-refractivity contribution in [1.29, 1.82) is 0 Å². The smallest absolute Gasteiger partial charge is 0.240 e. The second-order valence-electron chi connectivity index (χ2n) is 7.43. The normalized spacial score (nSPS) is 27.6. The highest BCUT2D eigenvalue weighted by Crippen LogP contribution is 2.53. The minimum atomic E-state index is -0.693. The van der Waals surface area contributed by atoms with Crippen LogP contribution in [-0.2, 0) is 14.4 Å².